The van der Waals surface area contributed by atoms with Crippen molar-refractivity contribution < 1.29 is 13.9 Å². The summed E-state index contributed by atoms with van der Waals surface area (Å²) in [5.41, 5.74) is 0.250. The van der Waals surface area contributed by atoms with Crippen molar-refractivity contribution in [2.45, 2.75) is 6.61 Å². The lowest BCUT2D eigenvalue weighted by atomic mass is 10.2. The number of aromatic nitrogens is 2. The highest BCUT2D eigenvalue weighted by atomic mass is 19.1. The van der Waals surface area contributed by atoms with Crippen LogP contribution in [0.4, 0.5) is 4.39 Å². The molecule has 0 bridgehead atoms. The first-order valence-electron chi connectivity index (χ1n) is 5.04. The molecule has 0 radical (unpaired) electrons. The highest BCUT2D eigenvalue weighted by Gasteiger charge is 2.04. The van der Waals surface area contributed by atoms with E-state index in [1.54, 1.807) is 17.0 Å². The van der Waals surface area contributed by atoms with Crippen molar-refractivity contribution in [3.8, 4) is 5.75 Å². The minimum absolute atomic E-state index is 0.227. The standard InChI is InChI=1S/C12H11FN2O2/c1-15-3-2-14-12(15)8-17-11-5-9(7-16)4-10(13)6-11/h2-7H,8H2,1H3. The third kappa shape index (κ3) is 2.69. The number of benzene rings is 1. The van der Waals surface area contributed by atoms with Gasteiger partial charge in [-0.25, -0.2) is 9.37 Å². The van der Waals surface area contributed by atoms with E-state index in [-0.39, 0.29) is 12.2 Å². The van der Waals surface area contributed by atoms with Crippen LogP contribution in [0.1, 0.15) is 16.2 Å². The Morgan fingerprint density at radius 3 is 2.94 bits per heavy atom. The zero-order valence-corrected chi connectivity index (χ0v) is 9.26. The van der Waals surface area contributed by atoms with Gasteiger partial charge in [-0.1, -0.05) is 0 Å². The molecular formula is C12H11FN2O2. The molecule has 2 aromatic rings. The molecule has 88 valence electrons. The number of nitrogens with zero attached hydrogens (tertiary/aromatic N) is 2. The van der Waals surface area contributed by atoms with Gasteiger partial charge >= 0.3 is 0 Å². The molecule has 0 spiro atoms. The van der Waals surface area contributed by atoms with Crippen molar-refractivity contribution >= 4 is 6.29 Å². The predicted octanol–water partition coefficient (Wildman–Crippen LogP) is 1.95. The Kier molecular flexibility index (Phi) is 3.18. The molecule has 0 atom stereocenters. The van der Waals surface area contributed by atoms with E-state index in [9.17, 15) is 9.18 Å². The highest BCUT2D eigenvalue weighted by Crippen LogP contribution is 2.16. The average molecular weight is 234 g/mol. The van der Waals surface area contributed by atoms with Crippen LogP contribution in [-0.2, 0) is 13.7 Å². The lowest BCUT2D eigenvalue weighted by molar-refractivity contribution is 0.112. The van der Waals surface area contributed by atoms with E-state index in [0.717, 1.165) is 11.9 Å². The third-order valence-electron chi connectivity index (χ3n) is 2.32. The number of imidazole rings is 1. The van der Waals surface area contributed by atoms with E-state index < -0.39 is 5.82 Å². The second-order valence-electron chi connectivity index (χ2n) is 3.58. The van der Waals surface area contributed by atoms with Gasteiger partial charge in [-0.2, -0.15) is 0 Å². The molecule has 0 aliphatic rings. The molecule has 0 aliphatic heterocycles. The van der Waals surface area contributed by atoms with Crippen LogP contribution in [0.25, 0.3) is 0 Å². The van der Waals surface area contributed by atoms with Gasteiger partial charge in [0.2, 0.25) is 0 Å². The van der Waals surface area contributed by atoms with E-state index in [4.69, 9.17) is 4.74 Å². The van der Waals surface area contributed by atoms with E-state index in [1.165, 1.54) is 12.1 Å². The molecular weight excluding hydrogens is 223 g/mol. The van der Waals surface area contributed by atoms with Crippen molar-refractivity contribution in [3.05, 3.63) is 47.8 Å². The van der Waals surface area contributed by atoms with Crippen molar-refractivity contribution in [1.29, 1.82) is 0 Å². The minimum atomic E-state index is -0.496. The molecule has 17 heavy (non-hydrogen) atoms. The molecule has 0 unspecified atom stereocenters. The van der Waals surface area contributed by atoms with E-state index in [2.05, 4.69) is 4.98 Å². The lowest BCUT2D eigenvalue weighted by Gasteiger charge is -2.06. The van der Waals surface area contributed by atoms with Gasteiger partial charge in [0.05, 0.1) is 0 Å². The Morgan fingerprint density at radius 1 is 1.47 bits per heavy atom. The van der Waals surface area contributed by atoms with Crippen molar-refractivity contribution in [3.63, 3.8) is 0 Å². The number of hydrogen-bond acceptors (Lipinski definition) is 3. The fourth-order valence-electron chi connectivity index (χ4n) is 1.42. The maximum Gasteiger partial charge on any atom is 0.150 e. The Hall–Kier alpha value is -2.17. The maximum atomic E-state index is 13.1. The van der Waals surface area contributed by atoms with E-state index in [1.807, 2.05) is 7.05 Å². The van der Waals surface area contributed by atoms with Crippen LogP contribution < -0.4 is 4.74 Å². The summed E-state index contributed by atoms with van der Waals surface area (Å²) in [7, 11) is 1.84. The summed E-state index contributed by atoms with van der Waals surface area (Å²) in [6, 6.07) is 3.87. The van der Waals surface area contributed by atoms with Gasteiger partial charge in [0.15, 0.2) is 0 Å². The summed E-state index contributed by atoms with van der Waals surface area (Å²) in [6.07, 6.45) is 4.03. The first-order chi connectivity index (χ1) is 8.19. The minimum Gasteiger partial charge on any atom is -0.486 e. The molecule has 0 saturated carbocycles. The first kappa shape index (κ1) is 11.3. The Morgan fingerprint density at radius 2 is 2.29 bits per heavy atom. The summed E-state index contributed by atoms with van der Waals surface area (Å²) >= 11 is 0. The largest absolute Gasteiger partial charge is 0.486 e. The Balaban J connectivity index is 2.11. The summed E-state index contributed by atoms with van der Waals surface area (Å²) in [6.45, 7) is 0.227. The maximum absolute atomic E-state index is 13.1. The molecule has 2 rings (SSSR count). The molecule has 0 saturated heterocycles. The average Bonchev–Trinajstić information content (AvgIpc) is 2.71. The quantitative estimate of drug-likeness (QED) is 0.759. The van der Waals surface area contributed by atoms with Gasteiger partial charge in [-0.15, -0.1) is 0 Å². The topological polar surface area (TPSA) is 44.1 Å². The third-order valence-corrected chi connectivity index (χ3v) is 2.32. The number of hydrogen-bond donors (Lipinski definition) is 0. The molecule has 1 aromatic carbocycles. The molecule has 4 nitrogen and oxygen atoms in total. The van der Waals surface area contributed by atoms with E-state index in [0.29, 0.717) is 12.0 Å². The number of halogens is 1. The number of aldehydes is 1. The summed E-state index contributed by atoms with van der Waals surface area (Å²) in [4.78, 5) is 14.6. The number of carbonyl (C=O) groups excluding carboxylic acids is 1. The smallest absolute Gasteiger partial charge is 0.150 e. The van der Waals surface area contributed by atoms with Crippen LogP contribution in [0, 0.1) is 5.82 Å². The first-order valence-corrected chi connectivity index (χ1v) is 5.04. The van der Waals surface area contributed by atoms with Gasteiger partial charge in [-0.3, -0.25) is 4.79 Å². The SMILES string of the molecule is Cn1ccnc1COc1cc(F)cc(C=O)c1. The number of carbonyl (C=O) groups is 1. The monoisotopic (exact) mass is 234 g/mol. The summed E-state index contributed by atoms with van der Waals surface area (Å²) in [5.74, 6) is 0.543. The Labute approximate surface area is 97.7 Å². The highest BCUT2D eigenvalue weighted by molar-refractivity contribution is 5.75. The molecule has 0 fully saturated rings. The van der Waals surface area contributed by atoms with E-state index >= 15 is 0 Å². The van der Waals surface area contributed by atoms with Crippen LogP contribution in [0.2, 0.25) is 0 Å². The van der Waals surface area contributed by atoms with Gasteiger partial charge in [0, 0.05) is 31.1 Å². The van der Waals surface area contributed by atoms with Crippen molar-refractivity contribution in [1.82, 2.24) is 9.55 Å². The van der Waals surface area contributed by atoms with Crippen LogP contribution in [0.15, 0.2) is 30.6 Å². The molecule has 1 heterocycles. The van der Waals surface area contributed by atoms with Gasteiger partial charge in [0.25, 0.3) is 0 Å². The second-order valence-corrected chi connectivity index (χ2v) is 3.58. The number of ether oxygens (including phenoxy) is 1. The molecule has 1 aromatic heterocycles. The zero-order valence-electron chi connectivity index (χ0n) is 9.26. The fraction of sp³-hybridized carbons (Fsp3) is 0.167. The van der Waals surface area contributed by atoms with Crippen LogP contribution in [-0.4, -0.2) is 15.8 Å². The van der Waals surface area contributed by atoms with Crippen LogP contribution >= 0.6 is 0 Å². The molecule has 5 heteroatoms. The zero-order chi connectivity index (χ0) is 12.3. The summed E-state index contributed by atoms with van der Waals surface area (Å²) in [5, 5.41) is 0. The molecule has 0 aliphatic carbocycles. The molecule has 0 N–H and O–H groups in total. The lowest BCUT2D eigenvalue weighted by Crippen LogP contribution is -2.03. The van der Waals surface area contributed by atoms with Crippen molar-refractivity contribution in [2.24, 2.45) is 7.05 Å². The Bertz CT molecular complexity index is 537. The second kappa shape index (κ2) is 4.78. The molecule has 0 amide bonds. The van der Waals surface area contributed by atoms with Crippen LogP contribution in [0.5, 0.6) is 5.75 Å². The van der Waals surface area contributed by atoms with Crippen LogP contribution in [0.3, 0.4) is 0 Å². The predicted molar refractivity (Wildman–Crippen MR) is 59.3 cm³/mol. The van der Waals surface area contributed by atoms with Crippen molar-refractivity contribution in [2.75, 3.05) is 0 Å². The number of rotatable bonds is 4. The fourth-order valence-corrected chi connectivity index (χ4v) is 1.42. The number of aryl methyl sites for hydroxylation is 1. The van der Waals surface area contributed by atoms with Gasteiger partial charge in [0.1, 0.15) is 30.3 Å². The van der Waals surface area contributed by atoms with Gasteiger partial charge in [-0.05, 0) is 12.1 Å². The van der Waals surface area contributed by atoms with Gasteiger partial charge < -0.3 is 9.30 Å². The summed E-state index contributed by atoms with van der Waals surface area (Å²) < 4.78 is 20.3. The normalized spacial score (nSPS) is 10.2.